The van der Waals surface area contributed by atoms with Crippen molar-refractivity contribution in [2.24, 2.45) is 10.2 Å². The minimum atomic E-state index is -0.461. The fraction of sp³-hybridized carbons (Fsp3) is 0.0667. The second kappa shape index (κ2) is 14.2. The van der Waals surface area contributed by atoms with Crippen LogP contribution in [0.25, 0.3) is 6.08 Å². The molecule has 5 rings (SSSR count). The first-order chi connectivity index (χ1) is 21.2. The van der Waals surface area contributed by atoms with E-state index < -0.39 is 11.7 Å². The summed E-state index contributed by atoms with van der Waals surface area (Å²) in [4.78, 5) is 27.7. The molecule has 0 aliphatic carbocycles. The molecule has 1 fully saturated rings. The molecular formula is C30H20Br2ClFN4O5S. The Morgan fingerprint density at radius 3 is 2.68 bits per heavy atom. The van der Waals surface area contributed by atoms with E-state index in [2.05, 4.69) is 47.4 Å². The zero-order valence-corrected chi connectivity index (χ0v) is 27.1. The van der Waals surface area contributed by atoms with Gasteiger partial charge < -0.3 is 19.6 Å². The third kappa shape index (κ3) is 7.97. The van der Waals surface area contributed by atoms with Crippen LogP contribution in [0.1, 0.15) is 16.9 Å². The highest BCUT2D eigenvalue weighted by atomic mass is 79.9. The van der Waals surface area contributed by atoms with Gasteiger partial charge in [0.2, 0.25) is 0 Å². The SMILES string of the molecule is O=C(COc1ccc(Cl)cc1/C=C1\S/C(=N/N=C\c2cc(Br)cc(Br)c2O)N(Cc2ccco2)C1=O)Nc1ccc(F)cc1. The summed E-state index contributed by atoms with van der Waals surface area (Å²) in [7, 11) is 0. The highest BCUT2D eigenvalue weighted by Gasteiger charge is 2.34. The minimum absolute atomic E-state index is 0.0137. The van der Waals surface area contributed by atoms with Crippen molar-refractivity contribution in [2.75, 3.05) is 11.9 Å². The number of thioether (sulfide) groups is 1. The largest absolute Gasteiger partial charge is 0.506 e. The molecule has 2 amide bonds. The van der Waals surface area contributed by atoms with E-state index in [1.807, 2.05) is 0 Å². The Labute approximate surface area is 276 Å². The summed E-state index contributed by atoms with van der Waals surface area (Å²) in [5.41, 5.74) is 1.28. The molecule has 0 bridgehead atoms. The molecule has 1 aliphatic heterocycles. The molecule has 0 atom stereocenters. The van der Waals surface area contributed by atoms with E-state index in [1.54, 1.807) is 48.5 Å². The van der Waals surface area contributed by atoms with Gasteiger partial charge in [-0.25, -0.2) is 4.39 Å². The molecule has 0 spiro atoms. The van der Waals surface area contributed by atoms with Crippen molar-refractivity contribution in [3.05, 3.63) is 115 Å². The second-order valence-electron chi connectivity index (χ2n) is 9.06. The summed E-state index contributed by atoms with van der Waals surface area (Å²) < 4.78 is 25.6. The van der Waals surface area contributed by atoms with E-state index in [1.165, 1.54) is 41.6 Å². The molecular weight excluding hydrogens is 743 g/mol. The van der Waals surface area contributed by atoms with Crippen molar-refractivity contribution in [3.63, 3.8) is 0 Å². The van der Waals surface area contributed by atoms with Crippen LogP contribution < -0.4 is 10.1 Å². The van der Waals surface area contributed by atoms with Crippen LogP contribution in [0.5, 0.6) is 11.5 Å². The molecule has 224 valence electrons. The zero-order valence-electron chi connectivity index (χ0n) is 22.3. The van der Waals surface area contributed by atoms with Gasteiger partial charge in [-0.05, 0) is 100 Å². The fourth-order valence-corrected chi connectivity index (χ4v) is 6.25. The van der Waals surface area contributed by atoms with Crippen molar-refractivity contribution in [1.29, 1.82) is 0 Å². The Kier molecular flexibility index (Phi) is 10.2. The lowest BCUT2D eigenvalue weighted by molar-refractivity contribution is -0.122. The Bertz CT molecular complexity index is 1800. The van der Waals surface area contributed by atoms with E-state index in [-0.39, 0.29) is 30.0 Å². The maximum Gasteiger partial charge on any atom is 0.267 e. The van der Waals surface area contributed by atoms with Crippen LogP contribution in [-0.4, -0.2) is 39.8 Å². The third-order valence-electron chi connectivity index (χ3n) is 5.93. The van der Waals surface area contributed by atoms with Gasteiger partial charge in [0.1, 0.15) is 23.1 Å². The Morgan fingerprint density at radius 1 is 1.14 bits per heavy atom. The monoisotopic (exact) mass is 760 g/mol. The maximum absolute atomic E-state index is 13.6. The number of nitrogens with zero attached hydrogens (tertiary/aromatic N) is 3. The number of benzene rings is 3. The van der Waals surface area contributed by atoms with Crippen LogP contribution >= 0.6 is 55.2 Å². The number of rotatable bonds is 9. The summed E-state index contributed by atoms with van der Waals surface area (Å²) in [6, 6.07) is 16.9. The van der Waals surface area contributed by atoms with Gasteiger partial charge in [0.15, 0.2) is 11.8 Å². The molecule has 2 heterocycles. The molecule has 3 aromatic carbocycles. The summed E-state index contributed by atoms with van der Waals surface area (Å²) in [5, 5.41) is 22.0. The topological polar surface area (TPSA) is 117 Å². The van der Waals surface area contributed by atoms with Crippen LogP contribution in [0.4, 0.5) is 10.1 Å². The first-order valence-corrected chi connectivity index (χ1v) is 15.4. The van der Waals surface area contributed by atoms with Crippen molar-refractivity contribution in [1.82, 2.24) is 4.90 Å². The van der Waals surface area contributed by atoms with Gasteiger partial charge in [-0.2, -0.15) is 5.10 Å². The van der Waals surface area contributed by atoms with Gasteiger partial charge in [-0.1, -0.05) is 27.5 Å². The van der Waals surface area contributed by atoms with E-state index in [4.69, 9.17) is 20.8 Å². The lowest BCUT2D eigenvalue weighted by Crippen LogP contribution is -2.28. The number of nitrogens with one attached hydrogen (secondary N) is 1. The number of aromatic hydroxyl groups is 1. The molecule has 1 aliphatic rings. The van der Waals surface area contributed by atoms with E-state index in [9.17, 15) is 19.1 Å². The average Bonchev–Trinajstić information content (AvgIpc) is 3.60. The Balaban J connectivity index is 1.39. The number of carbonyl (C=O) groups excluding carboxylic acids is 2. The first kappa shape index (κ1) is 31.5. The van der Waals surface area contributed by atoms with Crippen LogP contribution in [0, 0.1) is 5.82 Å². The highest BCUT2D eigenvalue weighted by molar-refractivity contribution is 9.11. The standard InChI is InChI=1S/C30H20Br2ClFN4O5S/c31-19-10-18(28(40)24(32)13-19)14-35-37-30-38(15-23-2-1-9-42-23)29(41)26(44-30)12-17-11-20(33)3-8-25(17)43-16-27(39)36-22-6-4-21(34)5-7-22/h1-14,40H,15-16H2,(H,36,39)/b26-12-,35-14-,37-30+. The van der Waals surface area contributed by atoms with Gasteiger partial charge >= 0.3 is 0 Å². The van der Waals surface area contributed by atoms with Crippen molar-refractivity contribution in [2.45, 2.75) is 6.54 Å². The number of anilines is 1. The van der Waals surface area contributed by atoms with Crippen LogP contribution in [0.3, 0.4) is 0 Å². The number of phenols is 1. The van der Waals surface area contributed by atoms with Crippen molar-refractivity contribution < 1.29 is 28.2 Å². The summed E-state index contributed by atoms with van der Waals surface area (Å²) >= 11 is 14.0. The molecule has 44 heavy (non-hydrogen) atoms. The molecule has 0 unspecified atom stereocenters. The first-order valence-electron chi connectivity index (χ1n) is 12.7. The highest BCUT2D eigenvalue weighted by Crippen LogP contribution is 2.36. The number of furan rings is 1. The number of carbonyl (C=O) groups is 2. The molecule has 1 aromatic heterocycles. The minimum Gasteiger partial charge on any atom is -0.506 e. The van der Waals surface area contributed by atoms with Gasteiger partial charge in [0, 0.05) is 26.3 Å². The molecule has 14 heteroatoms. The lowest BCUT2D eigenvalue weighted by atomic mass is 10.2. The van der Waals surface area contributed by atoms with E-state index >= 15 is 0 Å². The van der Waals surface area contributed by atoms with Crippen LogP contribution in [-0.2, 0) is 16.1 Å². The Morgan fingerprint density at radius 2 is 1.93 bits per heavy atom. The van der Waals surface area contributed by atoms with Gasteiger partial charge in [-0.3, -0.25) is 14.5 Å². The lowest BCUT2D eigenvalue weighted by Gasteiger charge is -2.13. The number of amides is 2. The van der Waals surface area contributed by atoms with Gasteiger partial charge in [-0.15, -0.1) is 5.10 Å². The number of halogens is 4. The average molecular weight is 763 g/mol. The van der Waals surface area contributed by atoms with E-state index in [0.29, 0.717) is 42.7 Å². The quantitative estimate of drug-likeness (QED) is 0.102. The predicted octanol–water partition coefficient (Wildman–Crippen LogP) is 7.83. The van der Waals surface area contributed by atoms with Crippen molar-refractivity contribution >= 4 is 90.2 Å². The fourth-order valence-electron chi connectivity index (χ4n) is 3.88. The molecule has 9 nitrogen and oxygen atoms in total. The smallest absolute Gasteiger partial charge is 0.267 e. The third-order valence-corrected chi connectivity index (χ3v) is 8.22. The normalized spacial score (nSPS) is 15.1. The second-order valence-corrected chi connectivity index (χ2v) is 12.3. The van der Waals surface area contributed by atoms with Crippen LogP contribution in [0.2, 0.25) is 5.02 Å². The zero-order chi connectivity index (χ0) is 31.2. The Hall–Kier alpha value is -3.91. The number of hydrogen-bond donors (Lipinski definition) is 2. The number of hydrogen-bond acceptors (Lipinski definition) is 8. The summed E-state index contributed by atoms with van der Waals surface area (Å²) in [6.45, 7) is -0.248. The number of amidine groups is 1. The molecule has 0 radical (unpaired) electrons. The van der Waals surface area contributed by atoms with Gasteiger partial charge in [0.05, 0.1) is 28.4 Å². The summed E-state index contributed by atoms with van der Waals surface area (Å²) in [5.74, 6) is -0.423. The van der Waals surface area contributed by atoms with Crippen LogP contribution in [0.15, 0.2) is 101 Å². The number of ether oxygens (including phenoxy) is 1. The van der Waals surface area contributed by atoms with E-state index in [0.717, 1.165) is 16.2 Å². The summed E-state index contributed by atoms with van der Waals surface area (Å²) in [6.07, 6.45) is 4.46. The van der Waals surface area contributed by atoms with Crippen molar-refractivity contribution in [3.8, 4) is 11.5 Å². The molecule has 2 N–H and O–H groups in total. The van der Waals surface area contributed by atoms with Gasteiger partial charge in [0.25, 0.3) is 11.8 Å². The maximum atomic E-state index is 13.6. The molecule has 4 aromatic rings. The predicted molar refractivity (Wildman–Crippen MR) is 175 cm³/mol. The number of phenolic OH excluding ortho intramolecular Hbond substituents is 1. The molecule has 1 saturated heterocycles. The molecule has 0 saturated carbocycles.